The summed E-state index contributed by atoms with van der Waals surface area (Å²) in [6, 6.07) is 9.43. The van der Waals surface area contributed by atoms with Crippen molar-refractivity contribution < 1.29 is 12.8 Å². The van der Waals surface area contributed by atoms with Crippen molar-refractivity contribution in [1.29, 1.82) is 0 Å². The summed E-state index contributed by atoms with van der Waals surface area (Å²) in [4.78, 5) is 0.0611. The highest BCUT2D eigenvalue weighted by Crippen LogP contribution is 2.26. The highest BCUT2D eigenvalue weighted by molar-refractivity contribution is 9.10. The molecule has 0 saturated carbocycles. The lowest BCUT2D eigenvalue weighted by molar-refractivity contribution is 0.600. The van der Waals surface area contributed by atoms with E-state index in [1.807, 2.05) is 0 Å². The Morgan fingerprint density at radius 2 is 1.74 bits per heavy atom. The average Bonchev–Trinajstić information content (AvgIpc) is 2.31. The van der Waals surface area contributed by atoms with E-state index in [1.165, 1.54) is 42.5 Å². The summed E-state index contributed by atoms with van der Waals surface area (Å²) < 4.78 is 39.8. The van der Waals surface area contributed by atoms with Crippen LogP contribution in [0, 0.1) is 5.82 Å². The third-order valence-corrected chi connectivity index (χ3v) is 4.70. The number of rotatable bonds is 3. The van der Waals surface area contributed by atoms with Crippen LogP contribution in [0.2, 0.25) is 0 Å². The van der Waals surface area contributed by atoms with E-state index in [0.29, 0.717) is 10.2 Å². The van der Waals surface area contributed by atoms with Gasteiger partial charge in [-0.2, -0.15) is 0 Å². The Bertz CT molecular complexity index is 702. The molecule has 0 aliphatic rings. The maximum atomic E-state index is 12.8. The molecule has 7 heteroatoms. The van der Waals surface area contributed by atoms with Crippen LogP contribution in [0.25, 0.3) is 0 Å². The monoisotopic (exact) mass is 344 g/mol. The Balaban J connectivity index is 2.35. The summed E-state index contributed by atoms with van der Waals surface area (Å²) in [5.41, 5.74) is 6.29. The summed E-state index contributed by atoms with van der Waals surface area (Å²) in [7, 11) is -3.75. The van der Waals surface area contributed by atoms with Gasteiger partial charge in [-0.05, 0) is 58.4 Å². The van der Waals surface area contributed by atoms with Crippen LogP contribution in [0.4, 0.5) is 15.8 Å². The smallest absolute Gasteiger partial charge is 0.263 e. The van der Waals surface area contributed by atoms with Gasteiger partial charge in [-0.3, -0.25) is 4.72 Å². The minimum Gasteiger partial charge on any atom is -0.399 e. The molecule has 4 nitrogen and oxygen atoms in total. The van der Waals surface area contributed by atoms with Crippen molar-refractivity contribution in [2.24, 2.45) is 0 Å². The van der Waals surface area contributed by atoms with Crippen LogP contribution in [0.1, 0.15) is 0 Å². The quantitative estimate of drug-likeness (QED) is 0.840. The molecular formula is C12H10BrFN2O2S. The zero-order chi connectivity index (χ0) is 14.0. The minimum absolute atomic E-state index is 0.0611. The van der Waals surface area contributed by atoms with Crippen LogP contribution in [0.5, 0.6) is 0 Å². The molecule has 0 spiro atoms. The van der Waals surface area contributed by atoms with Gasteiger partial charge in [-0.15, -0.1) is 0 Å². The van der Waals surface area contributed by atoms with Gasteiger partial charge in [-0.1, -0.05) is 0 Å². The molecule has 0 amide bonds. The van der Waals surface area contributed by atoms with Crippen LogP contribution >= 0.6 is 15.9 Å². The second-order valence-corrected chi connectivity index (χ2v) is 6.31. The Morgan fingerprint density at radius 1 is 1.11 bits per heavy atom. The molecule has 0 aliphatic carbocycles. The van der Waals surface area contributed by atoms with Crippen molar-refractivity contribution in [1.82, 2.24) is 0 Å². The first-order chi connectivity index (χ1) is 8.88. The first-order valence-electron chi connectivity index (χ1n) is 5.22. The maximum Gasteiger partial charge on any atom is 0.263 e. The number of nitrogens with two attached hydrogens (primary N) is 1. The maximum absolute atomic E-state index is 12.8. The molecule has 0 bridgehead atoms. The predicted octanol–water partition coefficient (Wildman–Crippen LogP) is 2.97. The Kier molecular flexibility index (Phi) is 3.77. The predicted molar refractivity (Wildman–Crippen MR) is 75.8 cm³/mol. The van der Waals surface area contributed by atoms with Crippen LogP contribution in [-0.2, 0) is 10.0 Å². The standard InChI is InChI=1S/C12H10BrFN2O2S/c13-11-7-9(15)3-6-12(11)19(17,18)16-10-4-1-8(14)2-5-10/h1-7,16H,15H2. The minimum atomic E-state index is -3.75. The Morgan fingerprint density at radius 3 is 2.32 bits per heavy atom. The molecule has 100 valence electrons. The molecule has 0 heterocycles. The van der Waals surface area contributed by atoms with Gasteiger partial charge in [0.25, 0.3) is 10.0 Å². The lowest BCUT2D eigenvalue weighted by Gasteiger charge is -2.10. The number of nitrogen functional groups attached to an aromatic ring is 1. The third kappa shape index (κ3) is 3.24. The molecule has 2 aromatic carbocycles. The van der Waals surface area contributed by atoms with Crippen LogP contribution in [0.15, 0.2) is 51.8 Å². The fourth-order valence-electron chi connectivity index (χ4n) is 1.46. The second-order valence-electron chi connectivity index (χ2n) is 3.80. The van der Waals surface area contributed by atoms with Crippen molar-refractivity contribution in [3.8, 4) is 0 Å². The van der Waals surface area contributed by atoms with Crippen molar-refractivity contribution in [2.75, 3.05) is 10.5 Å². The number of anilines is 2. The molecule has 0 saturated heterocycles. The average molecular weight is 345 g/mol. The van der Waals surface area contributed by atoms with Gasteiger partial charge in [-0.25, -0.2) is 12.8 Å². The summed E-state index contributed by atoms with van der Waals surface area (Å²) in [6.07, 6.45) is 0. The fourth-order valence-corrected chi connectivity index (χ4v) is 3.62. The molecule has 0 atom stereocenters. The van der Waals surface area contributed by atoms with Crippen LogP contribution in [-0.4, -0.2) is 8.42 Å². The first kappa shape index (κ1) is 13.8. The number of nitrogens with one attached hydrogen (secondary N) is 1. The topological polar surface area (TPSA) is 72.2 Å². The van der Waals surface area contributed by atoms with E-state index in [9.17, 15) is 12.8 Å². The van der Waals surface area contributed by atoms with Crippen molar-refractivity contribution in [2.45, 2.75) is 4.90 Å². The van der Waals surface area contributed by atoms with E-state index in [2.05, 4.69) is 20.7 Å². The summed E-state index contributed by atoms with van der Waals surface area (Å²) in [5, 5.41) is 0. The molecule has 3 N–H and O–H groups in total. The molecular weight excluding hydrogens is 335 g/mol. The van der Waals surface area contributed by atoms with Gasteiger partial charge in [0.1, 0.15) is 10.7 Å². The molecule has 0 aliphatic heterocycles. The number of hydrogen-bond donors (Lipinski definition) is 2. The summed E-state index contributed by atoms with van der Waals surface area (Å²) in [6.45, 7) is 0. The zero-order valence-corrected chi connectivity index (χ0v) is 12.0. The lowest BCUT2D eigenvalue weighted by atomic mass is 10.3. The second kappa shape index (κ2) is 5.18. The number of halogens is 2. The summed E-state index contributed by atoms with van der Waals surface area (Å²) in [5.74, 6) is -0.434. The lowest BCUT2D eigenvalue weighted by Crippen LogP contribution is -2.13. The van der Waals surface area contributed by atoms with Crippen LogP contribution < -0.4 is 10.5 Å². The van der Waals surface area contributed by atoms with E-state index < -0.39 is 15.8 Å². The highest BCUT2D eigenvalue weighted by atomic mass is 79.9. The molecule has 0 aromatic heterocycles. The highest BCUT2D eigenvalue weighted by Gasteiger charge is 2.17. The van der Waals surface area contributed by atoms with Crippen molar-refractivity contribution >= 4 is 37.3 Å². The summed E-state index contributed by atoms with van der Waals surface area (Å²) >= 11 is 3.15. The van der Waals surface area contributed by atoms with Gasteiger partial charge in [0.05, 0.1) is 0 Å². The van der Waals surface area contributed by atoms with E-state index in [-0.39, 0.29) is 10.6 Å². The molecule has 0 unspecified atom stereocenters. The number of sulfonamides is 1. The van der Waals surface area contributed by atoms with Gasteiger partial charge in [0.2, 0.25) is 0 Å². The van der Waals surface area contributed by atoms with E-state index in [0.717, 1.165) is 0 Å². The third-order valence-electron chi connectivity index (χ3n) is 2.34. The van der Waals surface area contributed by atoms with E-state index in [1.54, 1.807) is 0 Å². The molecule has 0 radical (unpaired) electrons. The van der Waals surface area contributed by atoms with Crippen LogP contribution in [0.3, 0.4) is 0 Å². The van der Waals surface area contributed by atoms with Gasteiger partial charge in [0.15, 0.2) is 0 Å². The Hall–Kier alpha value is -1.60. The largest absolute Gasteiger partial charge is 0.399 e. The van der Waals surface area contributed by atoms with Gasteiger partial charge < -0.3 is 5.73 Å². The first-order valence-corrected chi connectivity index (χ1v) is 7.49. The number of hydrogen-bond acceptors (Lipinski definition) is 3. The SMILES string of the molecule is Nc1ccc(S(=O)(=O)Nc2ccc(F)cc2)c(Br)c1. The normalized spacial score (nSPS) is 11.3. The van der Waals surface area contributed by atoms with E-state index >= 15 is 0 Å². The van der Waals surface area contributed by atoms with Gasteiger partial charge >= 0.3 is 0 Å². The Labute approximate surface area is 118 Å². The molecule has 19 heavy (non-hydrogen) atoms. The van der Waals surface area contributed by atoms with Crippen molar-refractivity contribution in [3.63, 3.8) is 0 Å². The molecule has 2 aromatic rings. The molecule has 0 fully saturated rings. The van der Waals surface area contributed by atoms with Crippen molar-refractivity contribution in [3.05, 3.63) is 52.8 Å². The zero-order valence-electron chi connectivity index (χ0n) is 9.60. The molecule has 2 rings (SSSR count). The van der Waals surface area contributed by atoms with Gasteiger partial charge in [0, 0.05) is 15.8 Å². The number of benzene rings is 2. The van der Waals surface area contributed by atoms with E-state index in [4.69, 9.17) is 5.73 Å². The fraction of sp³-hybridized carbons (Fsp3) is 0.